The van der Waals surface area contributed by atoms with Crippen LogP contribution >= 0.6 is 0 Å². The molecule has 2 saturated heterocycles. The number of halogens is 3. The monoisotopic (exact) mass is 346 g/mol. The van der Waals surface area contributed by atoms with E-state index in [0.717, 1.165) is 6.54 Å². The lowest BCUT2D eigenvalue weighted by Gasteiger charge is -2.41. The second-order valence-electron chi connectivity index (χ2n) is 6.15. The van der Waals surface area contributed by atoms with Crippen molar-refractivity contribution in [1.29, 1.82) is 0 Å². The Balaban J connectivity index is 1.69. The van der Waals surface area contributed by atoms with Crippen molar-refractivity contribution in [2.75, 3.05) is 50.9 Å². The number of aromatic nitrogens is 2. The largest absolute Gasteiger partial charge is 0.389 e. The zero-order valence-corrected chi connectivity index (χ0v) is 13.3. The van der Waals surface area contributed by atoms with Gasteiger partial charge in [-0.1, -0.05) is 0 Å². The van der Waals surface area contributed by atoms with Crippen LogP contribution in [0.4, 0.5) is 19.1 Å². The first kappa shape index (κ1) is 17.4. The second kappa shape index (κ2) is 7.20. The summed E-state index contributed by atoms with van der Waals surface area (Å²) in [6.07, 6.45) is -3.69. The lowest BCUT2D eigenvalue weighted by molar-refractivity contribution is -0.134. The SMILES string of the molecule is FC(F)(F)CCc1ccnc(N2CCO[C@@]3(CNCCOC3)C2)n1. The molecule has 1 N–H and O–H groups in total. The maximum atomic E-state index is 12.4. The second-order valence-corrected chi connectivity index (χ2v) is 6.15. The van der Waals surface area contributed by atoms with Crippen molar-refractivity contribution >= 4 is 5.95 Å². The highest BCUT2D eigenvalue weighted by molar-refractivity contribution is 5.32. The predicted molar refractivity (Wildman–Crippen MR) is 81.0 cm³/mol. The van der Waals surface area contributed by atoms with Crippen molar-refractivity contribution in [3.8, 4) is 0 Å². The molecule has 0 radical (unpaired) electrons. The Morgan fingerprint density at radius 1 is 1.33 bits per heavy atom. The highest BCUT2D eigenvalue weighted by Gasteiger charge is 2.39. The molecule has 1 aromatic heterocycles. The lowest BCUT2D eigenvalue weighted by Crippen LogP contribution is -2.58. The van der Waals surface area contributed by atoms with Gasteiger partial charge in [0.25, 0.3) is 0 Å². The summed E-state index contributed by atoms with van der Waals surface area (Å²) < 4.78 is 48.7. The molecule has 134 valence electrons. The summed E-state index contributed by atoms with van der Waals surface area (Å²) in [6, 6.07) is 1.53. The standard InChI is InChI=1S/C15H21F3N4O2/c16-15(17,18)3-1-12-2-4-20-13(21-12)22-6-8-24-14(10-22)9-19-5-7-23-11-14/h2,4,19H,1,3,5-11H2/t14-/m0/s1. The van der Waals surface area contributed by atoms with Gasteiger partial charge in [0.15, 0.2) is 0 Å². The molecule has 0 unspecified atom stereocenters. The van der Waals surface area contributed by atoms with Crippen LogP contribution in [0.1, 0.15) is 12.1 Å². The summed E-state index contributed by atoms with van der Waals surface area (Å²) in [5.74, 6) is 0.446. The number of alkyl halides is 3. The third-order valence-corrected chi connectivity index (χ3v) is 4.13. The summed E-state index contributed by atoms with van der Waals surface area (Å²) in [5, 5.41) is 3.29. The van der Waals surface area contributed by atoms with E-state index in [2.05, 4.69) is 15.3 Å². The molecule has 2 aliphatic rings. The molecule has 0 saturated carbocycles. The van der Waals surface area contributed by atoms with Gasteiger partial charge >= 0.3 is 6.18 Å². The van der Waals surface area contributed by atoms with Crippen LogP contribution in [0.2, 0.25) is 0 Å². The third kappa shape index (κ3) is 4.55. The molecule has 1 atom stereocenters. The predicted octanol–water partition coefficient (Wildman–Crippen LogP) is 1.17. The van der Waals surface area contributed by atoms with Crippen molar-refractivity contribution < 1.29 is 22.6 Å². The molecule has 24 heavy (non-hydrogen) atoms. The van der Waals surface area contributed by atoms with Crippen LogP contribution in [0.5, 0.6) is 0 Å². The number of nitrogens with one attached hydrogen (secondary N) is 1. The van der Waals surface area contributed by atoms with Crippen molar-refractivity contribution in [2.45, 2.75) is 24.6 Å². The maximum absolute atomic E-state index is 12.4. The van der Waals surface area contributed by atoms with E-state index in [-0.39, 0.29) is 6.42 Å². The Labute approximate surface area is 138 Å². The molecular formula is C15H21F3N4O2. The van der Waals surface area contributed by atoms with Gasteiger partial charge in [0.2, 0.25) is 5.95 Å². The minimum absolute atomic E-state index is 0.140. The van der Waals surface area contributed by atoms with Crippen LogP contribution < -0.4 is 10.2 Å². The molecule has 1 spiro atoms. The summed E-state index contributed by atoms with van der Waals surface area (Å²) in [6.45, 7) is 4.19. The molecule has 2 fully saturated rings. The zero-order valence-electron chi connectivity index (χ0n) is 13.3. The Bertz CT molecular complexity index is 548. The number of ether oxygens (including phenoxy) is 2. The molecule has 3 heterocycles. The van der Waals surface area contributed by atoms with Crippen LogP contribution in [0.25, 0.3) is 0 Å². The Morgan fingerprint density at radius 3 is 3.04 bits per heavy atom. The van der Waals surface area contributed by atoms with Crippen molar-refractivity contribution in [3.63, 3.8) is 0 Å². The highest BCUT2D eigenvalue weighted by Crippen LogP contribution is 2.24. The fraction of sp³-hybridized carbons (Fsp3) is 0.733. The van der Waals surface area contributed by atoms with Gasteiger partial charge in [-0.3, -0.25) is 0 Å². The van der Waals surface area contributed by atoms with Gasteiger partial charge in [-0.25, -0.2) is 9.97 Å². The number of nitrogens with zero attached hydrogens (tertiary/aromatic N) is 3. The number of hydrogen-bond acceptors (Lipinski definition) is 6. The van der Waals surface area contributed by atoms with Crippen LogP contribution in [0, 0.1) is 0 Å². The van der Waals surface area contributed by atoms with Crippen molar-refractivity contribution in [2.24, 2.45) is 0 Å². The minimum atomic E-state index is -4.18. The van der Waals surface area contributed by atoms with E-state index >= 15 is 0 Å². The van der Waals surface area contributed by atoms with E-state index in [1.165, 1.54) is 12.3 Å². The highest BCUT2D eigenvalue weighted by atomic mass is 19.4. The number of morpholine rings is 1. The molecule has 9 heteroatoms. The van der Waals surface area contributed by atoms with Crippen LogP contribution in [0.3, 0.4) is 0 Å². The van der Waals surface area contributed by atoms with E-state index in [9.17, 15) is 13.2 Å². The molecule has 0 aromatic carbocycles. The zero-order chi connectivity index (χ0) is 17.0. The number of hydrogen-bond donors (Lipinski definition) is 1. The maximum Gasteiger partial charge on any atom is 0.389 e. The molecule has 2 aliphatic heterocycles. The van der Waals surface area contributed by atoms with Gasteiger partial charge in [0, 0.05) is 37.9 Å². The van der Waals surface area contributed by atoms with Gasteiger partial charge in [-0.05, 0) is 12.5 Å². The minimum Gasteiger partial charge on any atom is -0.377 e. The van der Waals surface area contributed by atoms with Gasteiger partial charge in [0.1, 0.15) is 5.60 Å². The third-order valence-electron chi connectivity index (χ3n) is 4.13. The first-order valence-corrected chi connectivity index (χ1v) is 8.02. The summed E-state index contributed by atoms with van der Waals surface area (Å²) >= 11 is 0. The molecule has 1 aromatic rings. The van der Waals surface area contributed by atoms with E-state index in [1.807, 2.05) is 4.90 Å². The first-order valence-electron chi connectivity index (χ1n) is 8.02. The Kier molecular flexibility index (Phi) is 5.21. The van der Waals surface area contributed by atoms with Crippen LogP contribution in [-0.4, -0.2) is 67.7 Å². The van der Waals surface area contributed by atoms with Crippen molar-refractivity contribution in [3.05, 3.63) is 18.0 Å². The lowest BCUT2D eigenvalue weighted by atomic mass is 10.0. The van der Waals surface area contributed by atoms with Gasteiger partial charge in [0.05, 0.1) is 26.4 Å². The summed E-state index contributed by atoms with van der Waals surface area (Å²) in [5.41, 5.74) is -0.0757. The molecule has 0 bridgehead atoms. The molecule has 0 amide bonds. The topological polar surface area (TPSA) is 59.5 Å². The average Bonchev–Trinajstić information content (AvgIpc) is 2.78. The Hall–Kier alpha value is -1.45. The van der Waals surface area contributed by atoms with Crippen LogP contribution in [-0.2, 0) is 15.9 Å². The van der Waals surface area contributed by atoms with Crippen molar-refractivity contribution in [1.82, 2.24) is 15.3 Å². The van der Waals surface area contributed by atoms with Gasteiger partial charge in [-0.15, -0.1) is 0 Å². The number of aryl methyl sites for hydroxylation is 1. The number of anilines is 1. The quantitative estimate of drug-likeness (QED) is 0.887. The van der Waals surface area contributed by atoms with Gasteiger partial charge < -0.3 is 19.7 Å². The molecule has 0 aliphatic carbocycles. The fourth-order valence-corrected chi connectivity index (χ4v) is 2.93. The van der Waals surface area contributed by atoms with Crippen LogP contribution in [0.15, 0.2) is 12.3 Å². The smallest absolute Gasteiger partial charge is 0.377 e. The van der Waals surface area contributed by atoms with E-state index < -0.39 is 18.2 Å². The average molecular weight is 346 g/mol. The fourth-order valence-electron chi connectivity index (χ4n) is 2.93. The van der Waals surface area contributed by atoms with E-state index in [0.29, 0.717) is 51.1 Å². The molecule has 6 nitrogen and oxygen atoms in total. The first-order chi connectivity index (χ1) is 11.5. The van der Waals surface area contributed by atoms with Gasteiger partial charge in [-0.2, -0.15) is 13.2 Å². The Morgan fingerprint density at radius 2 is 2.21 bits per heavy atom. The number of rotatable bonds is 3. The molecule has 3 rings (SSSR count). The summed E-state index contributed by atoms with van der Waals surface area (Å²) in [7, 11) is 0. The van der Waals surface area contributed by atoms with E-state index in [4.69, 9.17) is 9.47 Å². The van der Waals surface area contributed by atoms with E-state index in [1.54, 1.807) is 0 Å². The molecular weight excluding hydrogens is 325 g/mol. The summed E-state index contributed by atoms with van der Waals surface area (Å²) in [4.78, 5) is 10.5. The normalized spacial score (nSPS) is 25.7.